The molecule has 2 fully saturated rings. The molecule has 0 radical (unpaired) electrons. The van der Waals surface area contributed by atoms with Gasteiger partial charge in [-0.25, -0.2) is 4.79 Å². The van der Waals surface area contributed by atoms with Gasteiger partial charge in [-0.15, -0.1) is 11.8 Å². The van der Waals surface area contributed by atoms with Gasteiger partial charge in [-0.05, 0) is 39.3 Å². The first-order chi connectivity index (χ1) is 12.7. The lowest BCUT2D eigenvalue weighted by molar-refractivity contribution is -0.160. The largest absolute Gasteiger partial charge is 0.451 e. The van der Waals surface area contributed by atoms with Gasteiger partial charge in [0.2, 0.25) is 5.91 Å². The van der Waals surface area contributed by atoms with Crippen LogP contribution >= 0.6 is 11.8 Å². The highest BCUT2D eigenvalue weighted by molar-refractivity contribution is 8.01. The fourth-order valence-corrected chi connectivity index (χ4v) is 4.78. The zero-order valence-corrected chi connectivity index (χ0v) is 16.3. The van der Waals surface area contributed by atoms with Crippen molar-refractivity contribution < 1.29 is 23.9 Å². The molecule has 3 atom stereocenters. The summed E-state index contributed by atoms with van der Waals surface area (Å²) < 4.78 is 5.32. The number of nitrogens with one attached hydrogen (secondary N) is 1. The van der Waals surface area contributed by atoms with E-state index in [-0.39, 0.29) is 16.6 Å². The highest BCUT2D eigenvalue weighted by Gasteiger charge is 2.53. The maximum Gasteiger partial charge on any atom is 0.330 e. The van der Waals surface area contributed by atoms with Crippen LogP contribution in [0.2, 0.25) is 0 Å². The van der Waals surface area contributed by atoms with E-state index in [4.69, 9.17) is 4.74 Å². The van der Waals surface area contributed by atoms with E-state index in [1.807, 2.05) is 6.92 Å². The number of esters is 1. The summed E-state index contributed by atoms with van der Waals surface area (Å²) in [5.74, 6) is -0.757. The molecule has 0 aliphatic carbocycles. The molecule has 144 valence electrons. The molecular weight excluding hydrogens is 368 g/mol. The summed E-state index contributed by atoms with van der Waals surface area (Å²) in [7, 11) is 0. The number of hydrogen-bond acceptors (Lipinski definition) is 6. The maximum absolute atomic E-state index is 12.5. The average molecular weight is 390 g/mol. The second-order valence-corrected chi connectivity index (χ2v) is 8.47. The number of ether oxygens (including phenoxy) is 1. The van der Waals surface area contributed by atoms with Crippen molar-refractivity contribution in [3.05, 3.63) is 29.8 Å². The van der Waals surface area contributed by atoms with Gasteiger partial charge in [0.1, 0.15) is 6.04 Å². The summed E-state index contributed by atoms with van der Waals surface area (Å²) in [6.07, 6.45) is 0.117. The van der Waals surface area contributed by atoms with Crippen molar-refractivity contribution in [2.75, 3.05) is 11.1 Å². The van der Waals surface area contributed by atoms with Gasteiger partial charge in [-0.2, -0.15) is 0 Å². The van der Waals surface area contributed by atoms with Crippen molar-refractivity contribution in [1.29, 1.82) is 0 Å². The van der Waals surface area contributed by atoms with E-state index in [0.29, 0.717) is 29.8 Å². The summed E-state index contributed by atoms with van der Waals surface area (Å²) in [4.78, 5) is 49.7. The fourth-order valence-electron chi connectivity index (χ4n) is 3.36. The van der Waals surface area contributed by atoms with E-state index in [9.17, 15) is 19.2 Å². The normalized spacial score (nSPS) is 25.1. The van der Waals surface area contributed by atoms with Gasteiger partial charge in [-0.3, -0.25) is 14.4 Å². The zero-order chi connectivity index (χ0) is 19.8. The van der Waals surface area contributed by atoms with Crippen LogP contribution in [0.5, 0.6) is 0 Å². The molecule has 2 saturated heterocycles. The van der Waals surface area contributed by atoms with E-state index in [2.05, 4.69) is 5.32 Å². The number of rotatable bonds is 5. The first-order valence-electron chi connectivity index (χ1n) is 8.80. The molecule has 0 bridgehead atoms. The van der Waals surface area contributed by atoms with Gasteiger partial charge in [0.15, 0.2) is 11.9 Å². The molecule has 2 amide bonds. The lowest BCUT2D eigenvalue weighted by atomic mass is 10.1. The highest BCUT2D eigenvalue weighted by Crippen LogP contribution is 2.47. The summed E-state index contributed by atoms with van der Waals surface area (Å²) in [6, 6.07) is 5.88. The molecule has 3 rings (SSSR count). The zero-order valence-electron chi connectivity index (χ0n) is 15.5. The van der Waals surface area contributed by atoms with Crippen molar-refractivity contribution in [1.82, 2.24) is 4.90 Å². The number of amides is 2. The Labute approximate surface area is 161 Å². The molecule has 1 aromatic rings. The number of anilines is 1. The minimum absolute atomic E-state index is 0.0531. The Hall–Kier alpha value is -2.35. The smallest absolute Gasteiger partial charge is 0.330 e. The van der Waals surface area contributed by atoms with Crippen LogP contribution in [-0.4, -0.2) is 51.2 Å². The van der Waals surface area contributed by atoms with Crippen LogP contribution in [0, 0.1) is 0 Å². The summed E-state index contributed by atoms with van der Waals surface area (Å²) in [5, 5.41) is 2.64. The third-order valence-electron chi connectivity index (χ3n) is 4.92. The minimum Gasteiger partial charge on any atom is -0.451 e. The topological polar surface area (TPSA) is 92.8 Å². The summed E-state index contributed by atoms with van der Waals surface area (Å²) in [5.41, 5.74) is 0.932. The number of Topliss-reactive ketones (excluding diaryl/α,β-unsaturated/α-hetero) is 1. The number of thioether (sulfide) groups is 1. The molecule has 2 aliphatic heterocycles. The molecule has 8 heteroatoms. The molecule has 0 unspecified atom stereocenters. The van der Waals surface area contributed by atoms with E-state index in [1.54, 1.807) is 40.9 Å². The Bertz CT molecular complexity index is 811. The van der Waals surface area contributed by atoms with Gasteiger partial charge in [-0.1, -0.05) is 12.1 Å². The molecule has 1 N–H and O–H groups in total. The second kappa shape index (κ2) is 7.34. The van der Waals surface area contributed by atoms with Crippen LogP contribution in [0.4, 0.5) is 5.69 Å². The predicted octanol–water partition coefficient (Wildman–Crippen LogP) is 2.21. The Kier molecular flexibility index (Phi) is 5.28. The number of nitrogens with zero attached hydrogens (tertiary/aromatic N) is 1. The lowest BCUT2D eigenvalue weighted by Crippen LogP contribution is -2.48. The van der Waals surface area contributed by atoms with Gasteiger partial charge in [0.25, 0.3) is 5.91 Å². The van der Waals surface area contributed by atoms with Crippen LogP contribution in [-0.2, 0) is 19.1 Å². The Balaban J connectivity index is 1.61. The number of benzene rings is 1. The van der Waals surface area contributed by atoms with Crippen LogP contribution in [0.3, 0.4) is 0 Å². The quantitative estimate of drug-likeness (QED) is 0.612. The predicted molar refractivity (Wildman–Crippen MR) is 101 cm³/mol. The van der Waals surface area contributed by atoms with Crippen molar-refractivity contribution >= 4 is 41.0 Å². The lowest BCUT2D eigenvalue weighted by Gasteiger charge is -2.29. The standard InChI is InChI=1S/C19H22N2O5S/c1-11(22)13-5-4-6-14(9-13)20-17(24)12(2)26-18(25)15-10-27-19(3)8-7-16(23)21(15)19/h4-6,9,12,15H,7-8,10H2,1-3H3,(H,20,24)/t12-,15-,19+/m0/s1. The Morgan fingerprint density at radius 2 is 2.11 bits per heavy atom. The van der Waals surface area contributed by atoms with Gasteiger partial charge in [0.05, 0.1) is 4.87 Å². The summed E-state index contributed by atoms with van der Waals surface area (Å²) in [6.45, 7) is 4.88. The van der Waals surface area contributed by atoms with Crippen molar-refractivity contribution in [3.63, 3.8) is 0 Å². The number of ketones is 1. The number of hydrogen-bond donors (Lipinski definition) is 1. The number of carbonyl (C=O) groups excluding carboxylic acids is 4. The molecule has 1 aromatic carbocycles. The van der Waals surface area contributed by atoms with Crippen LogP contribution in [0.25, 0.3) is 0 Å². The van der Waals surface area contributed by atoms with E-state index < -0.39 is 24.0 Å². The first kappa shape index (κ1) is 19.4. The molecule has 0 aromatic heterocycles. The van der Waals surface area contributed by atoms with Crippen molar-refractivity contribution in [2.45, 2.75) is 50.6 Å². The minimum atomic E-state index is -1.02. The monoisotopic (exact) mass is 390 g/mol. The van der Waals surface area contributed by atoms with E-state index in [0.717, 1.165) is 0 Å². The molecule has 2 heterocycles. The van der Waals surface area contributed by atoms with Crippen LogP contribution in [0.1, 0.15) is 44.0 Å². The maximum atomic E-state index is 12.5. The molecular formula is C19H22N2O5S. The van der Waals surface area contributed by atoms with Gasteiger partial charge >= 0.3 is 5.97 Å². The average Bonchev–Trinajstić information content (AvgIpc) is 3.11. The van der Waals surface area contributed by atoms with Crippen LogP contribution < -0.4 is 5.32 Å². The second-order valence-electron chi connectivity index (χ2n) is 6.97. The van der Waals surface area contributed by atoms with Gasteiger partial charge < -0.3 is 15.0 Å². The molecule has 0 spiro atoms. The third kappa shape index (κ3) is 3.85. The molecule has 7 nitrogen and oxygen atoms in total. The fraction of sp³-hybridized carbons (Fsp3) is 0.474. The highest BCUT2D eigenvalue weighted by atomic mass is 32.2. The number of fused-ring (bicyclic) bond motifs is 1. The Morgan fingerprint density at radius 1 is 1.37 bits per heavy atom. The van der Waals surface area contributed by atoms with Gasteiger partial charge in [0, 0.05) is 23.4 Å². The van der Waals surface area contributed by atoms with Crippen molar-refractivity contribution in [2.24, 2.45) is 0 Å². The van der Waals surface area contributed by atoms with E-state index in [1.165, 1.54) is 13.8 Å². The van der Waals surface area contributed by atoms with E-state index >= 15 is 0 Å². The van der Waals surface area contributed by atoms with Crippen LogP contribution in [0.15, 0.2) is 24.3 Å². The molecule has 0 saturated carbocycles. The number of carbonyl (C=O) groups is 4. The van der Waals surface area contributed by atoms with Crippen molar-refractivity contribution in [3.8, 4) is 0 Å². The Morgan fingerprint density at radius 3 is 2.81 bits per heavy atom. The molecule has 27 heavy (non-hydrogen) atoms. The third-order valence-corrected chi connectivity index (χ3v) is 6.42. The SMILES string of the molecule is CC(=O)c1cccc(NC(=O)[C@H](C)OC(=O)[C@@H]2CS[C@]3(C)CCC(=O)N23)c1. The summed E-state index contributed by atoms with van der Waals surface area (Å²) >= 11 is 1.57. The first-order valence-corrected chi connectivity index (χ1v) is 9.78. The molecule has 2 aliphatic rings.